The van der Waals surface area contributed by atoms with Crippen molar-refractivity contribution in [2.45, 2.75) is 53.1 Å². The van der Waals surface area contributed by atoms with E-state index in [1.165, 1.54) is 16.6 Å². The molecule has 2 aromatic rings. The Kier molecular flexibility index (Phi) is 3.44. The van der Waals surface area contributed by atoms with Gasteiger partial charge < -0.3 is 10.3 Å². The third-order valence-electron chi connectivity index (χ3n) is 3.62. The minimum atomic E-state index is 0.0143. The van der Waals surface area contributed by atoms with Crippen molar-refractivity contribution in [3.05, 3.63) is 29.1 Å². The fraction of sp³-hybridized carbons (Fsp3) is 0.533. The molecule has 2 rings (SSSR count). The van der Waals surface area contributed by atoms with Crippen molar-refractivity contribution in [3.8, 4) is 0 Å². The van der Waals surface area contributed by atoms with E-state index in [2.05, 4.69) is 51.3 Å². The van der Waals surface area contributed by atoms with Crippen LogP contribution in [-0.4, -0.2) is 9.55 Å². The maximum atomic E-state index is 6.19. The van der Waals surface area contributed by atoms with Gasteiger partial charge in [-0.25, -0.2) is 4.98 Å². The van der Waals surface area contributed by atoms with E-state index < -0.39 is 0 Å². The van der Waals surface area contributed by atoms with E-state index in [0.29, 0.717) is 6.04 Å². The molecule has 0 saturated carbocycles. The number of rotatable bonds is 3. The average Bonchev–Trinajstić information content (AvgIpc) is 2.67. The number of fused-ring (bicyclic) bond motifs is 1. The van der Waals surface area contributed by atoms with Gasteiger partial charge in [-0.2, -0.15) is 0 Å². The molecule has 3 heteroatoms. The molecule has 0 spiro atoms. The molecular weight excluding hydrogens is 222 g/mol. The lowest BCUT2D eigenvalue weighted by atomic mass is 10.1. The first-order valence-corrected chi connectivity index (χ1v) is 6.70. The van der Waals surface area contributed by atoms with Crippen molar-refractivity contribution < 1.29 is 0 Å². The minimum absolute atomic E-state index is 0.0143. The van der Waals surface area contributed by atoms with E-state index in [-0.39, 0.29) is 6.04 Å². The van der Waals surface area contributed by atoms with Crippen LogP contribution in [-0.2, 0) is 0 Å². The molecule has 0 bridgehead atoms. The van der Waals surface area contributed by atoms with Crippen LogP contribution < -0.4 is 5.73 Å². The number of nitrogens with two attached hydrogens (primary N) is 1. The van der Waals surface area contributed by atoms with Crippen LogP contribution in [0.5, 0.6) is 0 Å². The van der Waals surface area contributed by atoms with E-state index >= 15 is 0 Å². The average molecular weight is 245 g/mol. The van der Waals surface area contributed by atoms with Gasteiger partial charge in [0.1, 0.15) is 5.82 Å². The highest BCUT2D eigenvalue weighted by Crippen LogP contribution is 2.27. The Hall–Kier alpha value is -1.35. The van der Waals surface area contributed by atoms with Gasteiger partial charge in [0, 0.05) is 6.04 Å². The summed E-state index contributed by atoms with van der Waals surface area (Å²) in [5, 5.41) is 0. The third-order valence-corrected chi connectivity index (χ3v) is 3.62. The Balaban J connectivity index is 2.75. The third kappa shape index (κ3) is 2.03. The van der Waals surface area contributed by atoms with Gasteiger partial charge in [0.05, 0.1) is 17.1 Å². The van der Waals surface area contributed by atoms with E-state index in [1.807, 2.05) is 0 Å². The molecule has 3 nitrogen and oxygen atoms in total. The monoisotopic (exact) mass is 245 g/mol. The first-order chi connectivity index (χ1) is 8.45. The molecule has 0 saturated heterocycles. The van der Waals surface area contributed by atoms with Crippen LogP contribution in [0.25, 0.3) is 11.0 Å². The van der Waals surface area contributed by atoms with Crippen LogP contribution in [0.15, 0.2) is 12.1 Å². The van der Waals surface area contributed by atoms with E-state index in [1.54, 1.807) is 0 Å². The molecule has 0 aliphatic carbocycles. The Morgan fingerprint density at radius 3 is 2.39 bits per heavy atom. The Morgan fingerprint density at radius 1 is 1.22 bits per heavy atom. The Bertz CT molecular complexity index is 567. The van der Waals surface area contributed by atoms with Gasteiger partial charge in [-0.15, -0.1) is 0 Å². The minimum Gasteiger partial charge on any atom is -0.324 e. The second-order valence-electron chi connectivity index (χ2n) is 5.37. The summed E-state index contributed by atoms with van der Waals surface area (Å²) in [5.41, 5.74) is 11.0. The first kappa shape index (κ1) is 13.1. The van der Waals surface area contributed by atoms with Gasteiger partial charge >= 0.3 is 0 Å². The highest BCUT2D eigenvalue weighted by molar-refractivity contribution is 5.78. The smallest absolute Gasteiger partial charge is 0.127 e. The topological polar surface area (TPSA) is 43.8 Å². The van der Waals surface area contributed by atoms with Crippen molar-refractivity contribution in [1.29, 1.82) is 0 Å². The lowest BCUT2D eigenvalue weighted by Gasteiger charge is -2.16. The van der Waals surface area contributed by atoms with Crippen LogP contribution in [0.1, 0.15) is 56.2 Å². The largest absolute Gasteiger partial charge is 0.324 e. The maximum absolute atomic E-state index is 6.19. The molecule has 1 aromatic carbocycles. The molecule has 0 fully saturated rings. The van der Waals surface area contributed by atoms with Crippen molar-refractivity contribution in [2.24, 2.45) is 5.73 Å². The Labute approximate surface area is 109 Å². The summed E-state index contributed by atoms with van der Waals surface area (Å²) in [7, 11) is 0. The summed E-state index contributed by atoms with van der Waals surface area (Å²) in [4.78, 5) is 4.74. The second kappa shape index (κ2) is 4.73. The van der Waals surface area contributed by atoms with Crippen molar-refractivity contribution in [1.82, 2.24) is 9.55 Å². The zero-order chi connectivity index (χ0) is 13.4. The van der Waals surface area contributed by atoms with Crippen LogP contribution in [0.3, 0.4) is 0 Å². The summed E-state index contributed by atoms with van der Waals surface area (Å²) in [6, 6.07) is 4.78. The van der Waals surface area contributed by atoms with Gasteiger partial charge in [-0.1, -0.05) is 6.92 Å². The summed E-state index contributed by atoms with van der Waals surface area (Å²) >= 11 is 0. The molecule has 1 aromatic heterocycles. The molecule has 0 amide bonds. The normalized spacial score (nSPS) is 13.5. The summed E-state index contributed by atoms with van der Waals surface area (Å²) in [5.74, 6) is 1.01. The zero-order valence-electron chi connectivity index (χ0n) is 12.0. The number of aromatic nitrogens is 2. The molecule has 1 unspecified atom stereocenters. The number of hydrogen-bond donors (Lipinski definition) is 1. The molecule has 0 aliphatic heterocycles. The Morgan fingerprint density at radius 2 is 1.83 bits per heavy atom. The molecular formula is C15H23N3. The van der Waals surface area contributed by atoms with E-state index in [4.69, 9.17) is 10.7 Å². The lowest BCUT2D eigenvalue weighted by molar-refractivity contribution is 0.535. The maximum Gasteiger partial charge on any atom is 0.127 e. The predicted molar refractivity (Wildman–Crippen MR) is 76.8 cm³/mol. The van der Waals surface area contributed by atoms with Crippen molar-refractivity contribution >= 4 is 11.0 Å². The van der Waals surface area contributed by atoms with Crippen LogP contribution >= 0.6 is 0 Å². The SMILES string of the molecule is CCC(N)c1nc2cc(C)c(C)cc2n1C(C)C. The second-order valence-corrected chi connectivity index (χ2v) is 5.37. The molecule has 18 heavy (non-hydrogen) atoms. The summed E-state index contributed by atoms with van der Waals surface area (Å²) in [6.07, 6.45) is 0.911. The molecule has 2 N–H and O–H groups in total. The van der Waals surface area contributed by atoms with Gasteiger partial charge in [-0.3, -0.25) is 0 Å². The highest BCUT2D eigenvalue weighted by atomic mass is 15.1. The van der Waals surface area contributed by atoms with Gasteiger partial charge in [0.2, 0.25) is 0 Å². The molecule has 0 aliphatic rings. The van der Waals surface area contributed by atoms with E-state index in [9.17, 15) is 0 Å². The quantitative estimate of drug-likeness (QED) is 0.897. The number of hydrogen-bond acceptors (Lipinski definition) is 2. The molecule has 98 valence electrons. The highest BCUT2D eigenvalue weighted by Gasteiger charge is 2.18. The van der Waals surface area contributed by atoms with Crippen LogP contribution in [0.2, 0.25) is 0 Å². The standard InChI is InChI=1S/C15H23N3/c1-6-12(16)15-17-13-7-10(4)11(5)8-14(13)18(15)9(2)3/h7-9,12H,6,16H2,1-5H3. The summed E-state index contributed by atoms with van der Waals surface area (Å²) in [6.45, 7) is 10.7. The van der Waals surface area contributed by atoms with E-state index in [0.717, 1.165) is 17.8 Å². The van der Waals surface area contributed by atoms with Crippen LogP contribution in [0, 0.1) is 13.8 Å². The number of benzene rings is 1. The summed E-state index contributed by atoms with van der Waals surface area (Å²) < 4.78 is 2.27. The van der Waals surface area contributed by atoms with Crippen molar-refractivity contribution in [3.63, 3.8) is 0 Å². The lowest BCUT2D eigenvalue weighted by Crippen LogP contribution is -2.17. The number of aryl methyl sites for hydroxylation is 2. The number of nitrogens with zero attached hydrogens (tertiary/aromatic N) is 2. The fourth-order valence-electron chi connectivity index (χ4n) is 2.36. The molecule has 0 radical (unpaired) electrons. The van der Waals surface area contributed by atoms with Crippen molar-refractivity contribution in [2.75, 3.05) is 0 Å². The predicted octanol–water partition coefficient (Wildman–Crippen LogP) is 3.64. The van der Waals surface area contributed by atoms with Gasteiger partial charge in [0.15, 0.2) is 0 Å². The zero-order valence-corrected chi connectivity index (χ0v) is 12.0. The van der Waals surface area contributed by atoms with Crippen LogP contribution in [0.4, 0.5) is 0 Å². The fourth-order valence-corrected chi connectivity index (χ4v) is 2.36. The molecule has 1 atom stereocenters. The first-order valence-electron chi connectivity index (χ1n) is 6.70. The van der Waals surface area contributed by atoms with Gasteiger partial charge in [-0.05, 0) is 57.4 Å². The molecule has 1 heterocycles. The number of imidazole rings is 1. The van der Waals surface area contributed by atoms with Gasteiger partial charge in [0.25, 0.3) is 0 Å².